The maximum absolute atomic E-state index is 13.5. The standard InChI is InChI=1S/C28H23N3O5S/c1-3-14-36-19-7-5-6-18(15-19)24-23(25(32)17-10-12-29-13-11-17)26(33)27(34)31(24)28-30-21-9-8-20(35-4-2)16-22(21)37-28/h3,5-13,15-16,24,32H,1,4,14H2,2H3/b25-23+. The van der Waals surface area contributed by atoms with E-state index in [9.17, 15) is 14.7 Å². The molecule has 1 atom stereocenters. The molecule has 0 radical (unpaired) electrons. The molecule has 0 spiro atoms. The van der Waals surface area contributed by atoms with Crippen LogP contribution in [0.1, 0.15) is 24.1 Å². The van der Waals surface area contributed by atoms with Gasteiger partial charge in [0.2, 0.25) is 0 Å². The predicted molar refractivity (Wildman–Crippen MR) is 142 cm³/mol. The molecule has 8 nitrogen and oxygen atoms in total. The largest absolute Gasteiger partial charge is 0.507 e. The van der Waals surface area contributed by atoms with Crippen LogP contribution in [0.25, 0.3) is 16.0 Å². The fourth-order valence-corrected chi connectivity index (χ4v) is 5.21. The normalized spacial score (nSPS) is 16.8. The van der Waals surface area contributed by atoms with Crippen LogP contribution in [-0.4, -0.2) is 40.0 Å². The number of carbonyl (C=O) groups is 2. The molecular formula is C28H23N3O5S. The Morgan fingerprint density at radius 3 is 2.65 bits per heavy atom. The van der Waals surface area contributed by atoms with E-state index in [0.717, 1.165) is 4.70 Å². The van der Waals surface area contributed by atoms with Crippen molar-refractivity contribution in [3.05, 3.63) is 96.3 Å². The molecule has 0 bridgehead atoms. The second kappa shape index (κ2) is 10.2. The molecule has 1 aliphatic rings. The molecule has 1 saturated heterocycles. The number of fused-ring (bicyclic) bond motifs is 1. The van der Waals surface area contributed by atoms with E-state index in [1.54, 1.807) is 42.5 Å². The summed E-state index contributed by atoms with van der Waals surface area (Å²) >= 11 is 1.27. The van der Waals surface area contributed by atoms with Gasteiger partial charge in [0.1, 0.15) is 23.9 Å². The number of ketones is 1. The Morgan fingerprint density at radius 1 is 1.11 bits per heavy atom. The van der Waals surface area contributed by atoms with Crippen molar-refractivity contribution >= 4 is 44.1 Å². The minimum Gasteiger partial charge on any atom is -0.507 e. The van der Waals surface area contributed by atoms with Gasteiger partial charge in [0.25, 0.3) is 5.78 Å². The third kappa shape index (κ3) is 4.56. The Labute approximate surface area is 217 Å². The number of ether oxygens (including phenoxy) is 2. The van der Waals surface area contributed by atoms with E-state index in [2.05, 4.69) is 16.5 Å². The fourth-order valence-electron chi connectivity index (χ4n) is 4.19. The number of hydrogen-bond acceptors (Lipinski definition) is 8. The lowest BCUT2D eigenvalue weighted by atomic mass is 9.95. The molecule has 1 aliphatic heterocycles. The Kier molecular flexibility index (Phi) is 6.70. The van der Waals surface area contributed by atoms with Crippen LogP contribution in [0.2, 0.25) is 0 Å². The Balaban J connectivity index is 1.68. The molecule has 5 rings (SSSR count). The first kappa shape index (κ1) is 24.2. The van der Waals surface area contributed by atoms with E-state index in [-0.39, 0.29) is 11.3 Å². The van der Waals surface area contributed by atoms with Gasteiger partial charge in [-0.05, 0) is 55.0 Å². The number of thiazole rings is 1. The van der Waals surface area contributed by atoms with Crippen LogP contribution in [0.3, 0.4) is 0 Å². The van der Waals surface area contributed by atoms with Crippen LogP contribution in [0.4, 0.5) is 5.13 Å². The minimum atomic E-state index is -0.924. The van der Waals surface area contributed by atoms with Crippen molar-refractivity contribution in [3.8, 4) is 11.5 Å². The Bertz CT molecular complexity index is 1530. The number of hydrogen-bond donors (Lipinski definition) is 1. The summed E-state index contributed by atoms with van der Waals surface area (Å²) in [7, 11) is 0. The fraction of sp³-hybridized carbons (Fsp3) is 0.143. The SMILES string of the molecule is C=CCOc1cccc(C2/C(=C(\O)c3ccncc3)C(=O)C(=O)N2c2nc3ccc(OCC)cc3s2)c1. The molecule has 9 heteroatoms. The van der Waals surface area contributed by atoms with Gasteiger partial charge in [-0.2, -0.15) is 0 Å². The third-order valence-electron chi connectivity index (χ3n) is 5.81. The van der Waals surface area contributed by atoms with E-state index >= 15 is 0 Å². The molecule has 2 aromatic heterocycles. The number of aliphatic hydroxyl groups is 1. The lowest BCUT2D eigenvalue weighted by Gasteiger charge is -2.23. The van der Waals surface area contributed by atoms with Crippen molar-refractivity contribution < 1.29 is 24.2 Å². The van der Waals surface area contributed by atoms with Gasteiger partial charge in [0.15, 0.2) is 5.13 Å². The van der Waals surface area contributed by atoms with Gasteiger partial charge in [0.05, 0.1) is 28.4 Å². The van der Waals surface area contributed by atoms with Gasteiger partial charge in [0, 0.05) is 18.0 Å². The summed E-state index contributed by atoms with van der Waals surface area (Å²) in [6.07, 6.45) is 4.64. The van der Waals surface area contributed by atoms with Gasteiger partial charge in [-0.15, -0.1) is 0 Å². The molecule has 1 N–H and O–H groups in total. The first-order valence-electron chi connectivity index (χ1n) is 11.6. The minimum absolute atomic E-state index is 0.0358. The second-order valence-corrected chi connectivity index (χ2v) is 9.15. The summed E-state index contributed by atoms with van der Waals surface area (Å²) < 4.78 is 12.1. The number of aliphatic hydroxyl groups excluding tert-OH is 1. The first-order chi connectivity index (χ1) is 18.0. The summed E-state index contributed by atoms with van der Waals surface area (Å²) in [6.45, 7) is 6.38. The van der Waals surface area contributed by atoms with E-state index in [0.29, 0.717) is 46.5 Å². The molecule has 3 heterocycles. The van der Waals surface area contributed by atoms with Gasteiger partial charge in [-0.25, -0.2) is 4.98 Å². The number of pyridine rings is 1. The number of anilines is 1. The highest BCUT2D eigenvalue weighted by Gasteiger charge is 2.48. The highest BCUT2D eigenvalue weighted by molar-refractivity contribution is 7.22. The quantitative estimate of drug-likeness (QED) is 0.148. The van der Waals surface area contributed by atoms with Crippen molar-refractivity contribution in [2.75, 3.05) is 18.1 Å². The van der Waals surface area contributed by atoms with Crippen LogP contribution in [0.5, 0.6) is 11.5 Å². The van der Waals surface area contributed by atoms with Crippen molar-refractivity contribution in [3.63, 3.8) is 0 Å². The molecule has 1 amide bonds. The average Bonchev–Trinajstić information content (AvgIpc) is 3.45. The van der Waals surface area contributed by atoms with Crippen molar-refractivity contribution in [2.45, 2.75) is 13.0 Å². The van der Waals surface area contributed by atoms with E-state index < -0.39 is 17.7 Å². The number of rotatable bonds is 8. The zero-order chi connectivity index (χ0) is 25.9. The molecule has 37 heavy (non-hydrogen) atoms. The second-order valence-electron chi connectivity index (χ2n) is 8.14. The Hall–Kier alpha value is -4.50. The van der Waals surface area contributed by atoms with Gasteiger partial charge in [-0.1, -0.05) is 36.1 Å². The lowest BCUT2D eigenvalue weighted by Crippen LogP contribution is -2.29. The monoisotopic (exact) mass is 513 g/mol. The molecule has 0 aliphatic carbocycles. The summed E-state index contributed by atoms with van der Waals surface area (Å²) in [6, 6.07) is 14.8. The van der Waals surface area contributed by atoms with Crippen molar-refractivity contribution in [1.82, 2.24) is 9.97 Å². The highest BCUT2D eigenvalue weighted by atomic mass is 32.1. The number of nitrogens with zero attached hydrogens (tertiary/aromatic N) is 3. The topological polar surface area (TPSA) is 102 Å². The van der Waals surface area contributed by atoms with Crippen LogP contribution in [0.15, 0.2) is 85.2 Å². The zero-order valence-corrected chi connectivity index (χ0v) is 20.8. The highest BCUT2D eigenvalue weighted by Crippen LogP contribution is 2.45. The maximum Gasteiger partial charge on any atom is 0.301 e. The van der Waals surface area contributed by atoms with Gasteiger partial charge in [-0.3, -0.25) is 19.5 Å². The van der Waals surface area contributed by atoms with Crippen LogP contribution >= 0.6 is 11.3 Å². The number of benzene rings is 2. The average molecular weight is 514 g/mol. The number of carbonyl (C=O) groups excluding carboxylic acids is 2. The molecule has 1 unspecified atom stereocenters. The maximum atomic E-state index is 13.5. The third-order valence-corrected chi connectivity index (χ3v) is 6.82. The summed E-state index contributed by atoms with van der Waals surface area (Å²) in [5.41, 5.74) is 1.60. The van der Waals surface area contributed by atoms with Crippen LogP contribution in [-0.2, 0) is 9.59 Å². The number of Topliss-reactive ketones (excluding diaryl/α,β-unsaturated/α-hetero) is 1. The van der Waals surface area contributed by atoms with Crippen LogP contribution in [0, 0.1) is 0 Å². The van der Waals surface area contributed by atoms with E-state index in [1.165, 1.54) is 28.6 Å². The predicted octanol–water partition coefficient (Wildman–Crippen LogP) is 5.28. The van der Waals surface area contributed by atoms with Gasteiger partial charge >= 0.3 is 5.91 Å². The summed E-state index contributed by atoms with van der Waals surface area (Å²) in [4.78, 5) is 36.8. The molecule has 4 aromatic rings. The molecule has 186 valence electrons. The Morgan fingerprint density at radius 2 is 1.89 bits per heavy atom. The van der Waals surface area contributed by atoms with Crippen LogP contribution < -0.4 is 14.4 Å². The summed E-state index contributed by atoms with van der Waals surface area (Å²) in [5.74, 6) is -0.635. The summed E-state index contributed by atoms with van der Waals surface area (Å²) in [5, 5.41) is 11.6. The number of amides is 1. The number of aromatic nitrogens is 2. The van der Waals surface area contributed by atoms with Crippen molar-refractivity contribution in [2.24, 2.45) is 0 Å². The zero-order valence-electron chi connectivity index (χ0n) is 20.0. The molecular weight excluding hydrogens is 490 g/mol. The molecule has 2 aromatic carbocycles. The first-order valence-corrected chi connectivity index (χ1v) is 12.4. The molecule has 0 saturated carbocycles. The molecule has 1 fully saturated rings. The van der Waals surface area contributed by atoms with Gasteiger partial charge < -0.3 is 14.6 Å². The van der Waals surface area contributed by atoms with E-state index in [1.807, 2.05) is 25.1 Å². The van der Waals surface area contributed by atoms with Crippen molar-refractivity contribution in [1.29, 1.82) is 0 Å². The van der Waals surface area contributed by atoms with E-state index in [4.69, 9.17) is 9.47 Å². The smallest absolute Gasteiger partial charge is 0.301 e. The lowest BCUT2D eigenvalue weighted by molar-refractivity contribution is -0.132.